The van der Waals surface area contributed by atoms with Gasteiger partial charge in [0.1, 0.15) is 5.75 Å². The first kappa shape index (κ1) is 16.8. The lowest BCUT2D eigenvalue weighted by Gasteiger charge is -2.39. The third kappa shape index (κ3) is 3.09. The summed E-state index contributed by atoms with van der Waals surface area (Å²) < 4.78 is 5.28. The molecule has 2 fully saturated rings. The van der Waals surface area contributed by atoms with Crippen molar-refractivity contribution in [1.29, 1.82) is 0 Å². The number of methoxy groups -OCH3 is 1. The Morgan fingerprint density at radius 3 is 2.58 bits per heavy atom. The average molecular weight is 353 g/mol. The number of carbonyl (C=O) groups excluding carboxylic acids is 1. The number of amides is 1. The molecule has 1 amide bonds. The van der Waals surface area contributed by atoms with Gasteiger partial charge in [-0.25, -0.2) is 9.97 Å². The van der Waals surface area contributed by atoms with E-state index in [1.807, 2.05) is 11.0 Å². The second-order valence-electron chi connectivity index (χ2n) is 7.09. The molecule has 2 aromatic rings. The maximum atomic E-state index is 12.9. The lowest BCUT2D eigenvalue weighted by molar-refractivity contribution is 0.0607. The van der Waals surface area contributed by atoms with Crippen LogP contribution in [-0.2, 0) is 0 Å². The lowest BCUT2D eigenvalue weighted by Crippen LogP contribution is -2.44. The maximum absolute atomic E-state index is 12.9. The molecule has 2 aliphatic heterocycles. The standard InChI is InChI=1S/C19H23N5O2/c1-26-16-13-20-9-3-15(16)17(25)23-10-4-19(5-11-23)6-12-24(14-19)18-21-7-2-8-22-18/h2-3,7-9,13H,4-6,10-12,14H2,1H3. The van der Waals surface area contributed by atoms with E-state index in [9.17, 15) is 4.79 Å². The fraction of sp³-hybridized carbons (Fsp3) is 0.474. The summed E-state index contributed by atoms with van der Waals surface area (Å²) in [6, 6.07) is 3.57. The molecule has 4 rings (SSSR count). The Labute approximate surface area is 153 Å². The van der Waals surface area contributed by atoms with Crippen LogP contribution >= 0.6 is 0 Å². The van der Waals surface area contributed by atoms with Crippen molar-refractivity contribution >= 4 is 11.9 Å². The van der Waals surface area contributed by atoms with Crippen LogP contribution in [0.4, 0.5) is 5.95 Å². The van der Waals surface area contributed by atoms with Crippen molar-refractivity contribution in [3.8, 4) is 5.75 Å². The van der Waals surface area contributed by atoms with E-state index < -0.39 is 0 Å². The van der Waals surface area contributed by atoms with Crippen molar-refractivity contribution in [1.82, 2.24) is 19.9 Å². The van der Waals surface area contributed by atoms with Gasteiger partial charge in [-0.3, -0.25) is 9.78 Å². The van der Waals surface area contributed by atoms with Crippen LogP contribution in [0.2, 0.25) is 0 Å². The summed E-state index contributed by atoms with van der Waals surface area (Å²) in [7, 11) is 1.57. The van der Waals surface area contributed by atoms with Gasteiger partial charge in [0, 0.05) is 44.8 Å². The summed E-state index contributed by atoms with van der Waals surface area (Å²) in [6.07, 6.45) is 9.95. The first-order valence-electron chi connectivity index (χ1n) is 9.00. The van der Waals surface area contributed by atoms with Crippen molar-refractivity contribution in [3.63, 3.8) is 0 Å². The van der Waals surface area contributed by atoms with Crippen LogP contribution in [0.1, 0.15) is 29.6 Å². The normalized spacial score (nSPS) is 19.0. The van der Waals surface area contributed by atoms with Gasteiger partial charge in [-0.1, -0.05) is 0 Å². The van der Waals surface area contributed by atoms with Crippen molar-refractivity contribution in [2.24, 2.45) is 5.41 Å². The molecule has 2 aromatic heterocycles. The molecule has 26 heavy (non-hydrogen) atoms. The topological polar surface area (TPSA) is 71.5 Å². The van der Waals surface area contributed by atoms with E-state index in [0.717, 1.165) is 51.4 Å². The molecular weight excluding hydrogens is 330 g/mol. The molecule has 0 radical (unpaired) electrons. The number of pyridine rings is 1. The summed E-state index contributed by atoms with van der Waals surface area (Å²) >= 11 is 0. The first-order chi connectivity index (χ1) is 12.7. The minimum Gasteiger partial charge on any atom is -0.494 e. The molecule has 7 nitrogen and oxygen atoms in total. The molecule has 0 aliphatic carbocycles. The Kier molecular flexibility index (Phi) is 4.44. The first-order valence-corrected chi connectivity index (χ1v) is 9.00. The summed E-state index contributed by atoms with van der Waals surface area (Å²) in [4.78, 5) is 29.8. The van der Waals surface area contributed by atoms with Gasteiger partial charge in [0.15, 0.2) is 0 Å². The van der Waals surface area contributed by atoms with Crippen LogP contribution in [0.3, 0.4) is 0 Å². The van der Waals surface area contributed by atoms with Gasteiger partial charge in [-0.2, -0.15) is 0 Å². The number of hydrogen-bond acceptors (Lipinski definition) is 6. The highest BCUT2D eigenvalue weighted by molar-refractivity contribution is 5.96. The van der Waals surface area contributed by atoms with Gasteiger partial charge in [0.2, 0.25) is 5.95 Å². The van der Waals surface area contributed by atoms with Gasteiger partial charge >= 0.3 is 0 Å². The van der Waals surface area contributed by atoms with Crippen LogP contribution < -0.4 is 9.64 Å². The van der Waals surface area contributed by atoms with Crippen LogP contribution in [0.25, 0.3) is 0 Å². The predicted octanol–water partition coefficient (Wildman–Crippen LogP) is 2.01. The zero-order valence-electron chi connectivity index (χ0n) is 15.0. The van der Waals surface area contributed by atoms with Gasteiger partial charge < -0.3 is 14.5 Å². The molecule has 7 heteroatoms. The van der Waals surface area contributed by atoms with Gasteiger partial charge in [-0.15, -0.1) is 0 Å². The van der Waals surface area contributed by atoms with E-state index in [4.69, 9.17) is 4.74 Å². The Morgan fingerprint density at radius 1 is 1.12 bits per heavy atom. The van der Waals surface area contributed by atoms with Gasteiger partial charge in [0.25, 0.3) is 5.91 Å². The predicted molar refractivity (Wildman–Crippen MR) is 97.2 cm³/mol. The molecule has 2 aliphatic rings. The zero-order chi connectivity index (χ0) is 18.0. The molecule has 1 spiro atoms. The average Bonchev–Trinajstić information content (AvgIpc) is 3.12. The van der Waals surface area contributed by atoms with E-state index in [1.54, 1.807) is 38.0 Å². The van der Waals surface area contributed by atoms with Crippen molar-refractivity contribution in [3.05, 3.63) is 42.5 Å². The van der Waals surface area contributed by atoms with Gasteiger partial charge in [0.05, 0.1) is 18.9 Å². The molecule has 0 aromatic carbocycles. The van der Waals surface area contributed by atoms with Crippen LogP contribution in [-0.4, -0.2) is 59.0 Å². The number of hydrogen-bond donors (Lipinski definition) is 0. The second kappa shape index (κ2) is 6.90. The summed E-state index contributed by atoms with van der Waals surface area (Å²) in [5.74, 6) is 1.37. The molecule has 2 saturated heterocycles. The highest BCUT2D eigenvalue weighted by Gasteiger charge is 2.42. The quantitative estimate of drug-likeness (QED) is 0.841. The zero-order valence-corrected chi connectivity index (χ0v) is 15.0. The van der Waals surface area contributed by atoms with Crippen LogP contribution in [0.15, 0.2) is 36.9 Å². The Morgan fingerprint density at radius 2 is 1.85 bits per heavy atom. The molecule has 4 heterocycles. The SMILES string of the molecule is COc1cnccc1C(=O)N1CCC2(CC1)CCN(c1ncccn1)C2. The number of anilines is 1. The van der Waals surface area contributed by atoms with E-state index in [0.29, 0.717) is 11.3 Å². The highest BCUT2D eigenvalue weighted by Crippen LogP contribution is 2.41. The number of ether oxygens (including phenoxy) is 1. The number of aromatic nitrogens is 3. The van der Waals surface area contributed by atoms with Crippen LogP contribution in [0.5, 0.6) is 5.75 Å². The second-order valence-corrected chi connectivity index (χ2v) is 7.09. The molecule has 136 valence electrons. The Hall–Kier alpha value is -2.70. The summed E-state index contributed by atoms with van der Waals surface area (Å²) in [5, 5.41) is 0. The fourth-order valence-corrected chi connectivity index (χ4v) is 4.04. The summed E-state index contributed by atoms with van der Waals surface area (Å²) in [6.45, 7) is 3.50. The van der Waals surface area contributed by atoms with Crippen molar-refractivity contribution in [2.75, 3.05) is 38.2 Å². The van der Waals surface area contributed by atoms with Crippen molar-refractivity contribution < 1.29 is 9.53 Å². The minimum absolute atomic E-state index is 0.0281. The third-order valence-corrected chi connectivity index (χ3v) is 5.62. The largest absolute Gasteiger partial charge is 0.494 e. The monoisotopic (exact) mass is 353 g/mol. The Balaban J connectivity index is 1.41. The van der Waals surface area contributed by atoms with Crippen LogP contribution in [0, 0.1) is 5.41 Å². The third-order valence-electron chi connectivity index (χ3n) is 5.62. The van der Waals surface area contributed by atoms with E-state index in [2.05, 4.69) is 19.9 Å². The molecule has 0 N–H and O–H groups in total. The van der Waals surface area contributed by atoms with Gasteiger partial charge in [-0.05, 0) is 36.8 Å². The number of rotatable bonds is 3. The summed E-state index contributed by atoms with van der Waals surface area (Å²) in [5.41, 5.74) is 0.849. The maximum Gasteiger partial charge on any atom is 0.257 e. The van der Waals surface area contributed by atoms with E-state index in [1.165, 1.54) is 0 Å². The Bertz CT molecular complexity index is 775. The smallest absolute Gasteiger partial charge is 0.257 e. The number of likely N-dealkylation sites (tertiary alicyclic amines) is 1. The molecule has 0 bridgehead atoms. The number of nitrogens with zero attached hydrogens (tertiary/aromatic N) is 5. The fourth-order valence-electron chi connectivity index (χ4n) is 4.04. The number of carbonyl (C=O) groups is 1. The minimum atomic E-state index is 0.0281. The molecule has 0 unspecified atom stereocenters. The molecule has 0 atom stereocenters. The van der Waals surface area contributed by atoms with E-state index in [-0.39, 0.29) is 11.3 Å². The number of piperidine rings is 1. The van der Waals surface area contributed by atoms with Crippen molar-refractivity contribution in [2.45, 2.75) is 19.3 Å². The molecular formula is C19H23N5O2. The highest BCUT2D eigenvalue weighted by atomic mass is 16.5. The lowest BCUT2D eigenvalue weighted by atomic mass is 9.77. The van der Waals surface area contributed by atoms with E-state index >= 15 is 0 Å². The molecule has 0 saturated carbocycles.